The summed E-state index contributed by atoms with van der Waals surface area (Å²) in [6, 6.07) is 11.1. The molecule has 38 heavy (non-hydrogen) atoms. The van der Waals surface area contributed by atoms with Crippen LogP contribution in [0.25, 0.3) is 6.08 Å². The molecule has 3 N–H and O–H groups in total. The Morgan fingerprint density at radius 1 is 1.08 bits per heavy atom. The molecule has 198 valence electrons. The molecule has 0 aliphatic carbocycles. The highest BCUT2D eigenvalue weighted by molar-refractivity contribution is 6.00. The predicted molar refractivity (Wildman–Crippen MR) is 145 cm³/mol. The number of amides is 2. The molecule has 0 saturated carbocycles. The Kier molecular flexibility index (Phi) is 6.33. The summed E-state index contributed by atoms with van der Waals surface area (Å²) in [6.07, 6.45) is 9.19. The lowest BCUT2D eigenvalue weighted by molar-refractivity contribution is -0.132. The van der Waals surface area contributed by atoms with E-state index in [4.69, 9.17) is 20.2 Å². The minimum atomic E-state index is -0.486. The number of nitrogens with zero attached hydrogens (tertiary/aromatic N) is 2. The zero-order chi connectivity index (χ0) is 26.3. The number of fused-ring (bicyclic) bond motifs is 5. The molecule has 7 rings (SSSR count). The number of allylic oxidation sites excluding steroid dienone is 1. The lowest BCUT2D eigenvalue weighted by Crippen LogP contribution is -2.53. The Hall–Kier alpha value is -3.81. The first-order chi connectivity index (χ1) is 18.5. The number of guanidine groups is 1. The number of hydrogen-bond donors (Lipinski definition) is 2. The number of aliphatic imine (C=N–C) groups is 1. The zero-order valence-corrected chi connectivity index (χ0v) is 21.7. The molecule has 3 unspecified atom stereocenters. The van der Waals surface area contributed by atoms with E-state index >= 15 is 0 Å². The average molecular weight is 515 g/mol. The Balaban J connectivity index is 1.43. The van der Waals surface area contributed by atoms with Crippen molar-refractivity contribution in [2.45, 2.75) is 69.5 Å². The van der Waals surface area contributed by atoms with Gasteiger partial charge in [-0.2, -0.15) is 0 Å². The normalized spacial score (nSPS) is 27.6. The second-order valence-electron chi connectivity index (χ2n) is 10.6. The quantitative estimate of drug-likeness (QED) is 0.576. The molecule has 8 heteroatoms. The Bertz CT molecular complexity index is 1340. The van der Waals surface area contributed by atoms with Crippen molar-refractivity contribution in [1.29, 1.82) is 0 Å². The molecule has 6 bridgehead atoms. The first-order valence-corrected chi connectivity index (χ1v) is 13.6. The maximum absolute atomic E-state index is 13.6. The number of carbonyl (C=O) groups is 2. The van der Waals surface area contributed by atoms with E-state index in [0.717, 1.165) is 48.1 Å². The van der Waals surface area contributed by atoms with E-state index in [2.05, 4.69) is 30.5 Å². The third-order valence-corrected chi connectivity index (χ3v) is 8.30. The zero-order valence-electron chi connectivity index (χ0n) is 21.7. The summed E-state index contributed by atoms with van der Waals surface area (Å²) in [5.41, 5.74) is 9.39. The highest BCUT2D eigenvalue weighted by atomic mass is 16.5. The molecule has 2 aromatic rings. The number of benzene rings is 2. The minimum Gasteiger partial charge on any atom is -0.493 e. The summed E-state index contributed by atoms with van der Waals surface area (Å²) in [7, 11) is 0. The van der Waals surface area contributed by atoms with Crippen LogP contribution in [0.15, 0.2) is 47.5 Å². The van der Waals surface area contributed by atoms with E-state index in [1.165, 1.54) is 0 Å². The lowest BCUT2D eigenvalue weighted by Gasteiger charge is -2.42. The smallest absolute Gasteiger partial charge is 0.251 e. The van der Waals surface area contributed by atoms with Crippen LogP contribution in [0.4, 0.5) is 0 Å². The number of ether oxygens (including phenoxy) is 2. The first-order valence-electron chi connectivity index (χ1n) is 13.6. The van der Waals surface area contributed by atoms with Crippen LogP contribution in [-0.2, 0) is 4.79 Å². The van der Waals surface area contributed by atoms with Gasteiger partial charge in [0.1, 0.15) is 11.5 Å². The molecule has 2 amide bonds. The van der Waals surface area contributed by atoms with Crippen LogP contribution in [0, 0.1) is 0 Å². The van der Waals surface area contributed by atoms with E-state index in [1.807, 2.05) is 24.3 Å². The summed E-state index contributed by atoms with van der Waals surface area (Å²) in [5, 5.41) is 3.21. The maximum Gasteiger partial charge on any atom is 0.251 e. The Labute approximate surface area is 222 Å². The molecule has 2 aromatic carbocycles. The molecule has 3 atom stereocenters. The molecule has 0 saturated heterocycles. The number of hydrogen-bond acceptors (Lipinski definition) is 6. The predicted octanol–water partition coefficient (Wildman–Crippen LogP) is 4.66. The number of nitrogens with two attached hydrogens (primary N) is 1. The summed E-state index contributed by atoms with van der Waals surface area (Å²) in [5.74, 6) is 1.54. The SMILES string of the molecule is CCC12CCC/C=C/c3ccc4c(c3)C(CCO4)NC(=O)c3ccc4c(c3)C(CCO4)N(C(=O)C1)C(N)=N2. The van der Waals surface area contributed by atoms with Crippen molar-refractivity contribution in [1.82, 2.24) is 10.2 Å². The Morgan fingerprint density at radius 3 is 2.68 bits per heavy atom. The van der Waals surface area contributed by atoms with Gasteiger partial charge in [-0.05, 0) is 61.6 Å². The highest BCUT2D eigenvalue weighted by Gasteiger charge is 2.42. The second-order valence-corrected chi connectivity index (χ2v) is 10.6. The number of rotatable bonds is 1. The van der Waals surface area contributed by atoms with Gasteiger partial charge in [-0.25, -0.2) is 4.99 Å². The molecule has 0 radical (unpaired) electrons. The number of nitrogens with one attached hydrogen (secondary N) is 1. The van der Waals surface area contributed by atoms with Gasteiger partial charge in [-0.3, -0.25) is 14.5 Å². The maximum atomic E-state index is 13.6. The standard InChI is InChI=1S/C30H34N4O4/c1-2-30-13-5-3-4-6-19-7-9-25-21(16-19)23(11-14-37-25)32-28(36)20-8-10-26-22(17-20)24(12-15-38-26)34(27(35)18-30)29(31)33-30/h4,6-10,16-17,23-24H,2-3,5,11-15,18H2,1H3,(H2,31,33)(H,32,36)/b6-4+. The van der Waals surface area contributed by atoms with Crippen molar-refractivity contribution in [3.63, 3.8) is 0 Å². The van der Waals surface area contributed by atoms with E-state index in [-0.39, 0.29) is 29.9 Å². The lowest BCUT2D eigenvalue weighted by atomic mass is 9.84. The van der Waals surface area contributed by atoms with Gasteiger partial charge in [-0.15, -0.1) is 0 Å². The van der Waals surface area contributed by atoms with Gasteiger partial charge < -0.3 is 20.5 Å². The summed E-state index contributed by atoms with van der Waals surface area (Å²) in [6.45, 7) is 3.08. The fraction of sp³-hybridized carbons (Fsp3) is 0.433. The van der Waals surface area contributed by atoms with Gasteiger partial charge in [0.2, 0.25) is 5.91 Å². The summed E-state index contributed by atoms with van der Waals surface area (Å²) >= 11 is 0. The van der Waals surface area contributed by atoms with Gasteiger partial charge in [0, 0.05) is 29.5 Å². The fourth-order valence-electron chi connectivity index (χ4n) is 6.15. The van der Waals surface area contributed by atoms with Crippen molar-refractivity contribution >= 4 is 23.8 Å². The Morgan fingerprint density at radius 2 is 1.87 bits per heavy atom. The number of carbonyl (C=O) groups excluding carboxylic acids is 2. The molecular weight excluding hydrogens is 480 g/mol. The molecular formula is C30H34N4O4. The van der Waals surface area contributed by atoms with Crippen LogP contribution in [0.5, 0.6) is 11.5 Å². The molecule has 5 aliphatic rings. The largest absolute Gasteiger partial charge is 0.493 e. The fourth-order valence-corrected chi connectivity index (χ4v) is 6.15. The molecule has 0 fully saturated rings. The van der Waals surface area contributed by atoms with Crippen LogP contribution >= 0.6 is 0 Å². The van der Waals surface area contributed by atoms with Gasteiger partial charge in [0.25, 0.3) is 5.91 Å². The second kappa shape index (κ2) is 9.82. The molecule has 8 nitrogen and oxygen atoms in total. The summed E-state index contributed by atoms with van der Waals surface area (Å²) in [4.78, 5) is 33.6. The van der Waals surface area contributed by atoms with Crippen molar-refractivity contribution in [2.75, 3.05) is 13.2 Å². The van der Waals surface area contributed by atoms with E-state index in [9.17, 15) is 9.59 Å². The van der Waals surface area contributed by atoms with Crippen molar-refractivity contribution in [2.24, 2.45) is 10.7 Å². The van der Waals surface area contributed by atoms with Crippen molar-refractivity contribution < 1.29 is 19.1 Å². The topological polar surface area (TPSA) is 106 Å². The monoisotopic (exact) mass is 514 g/mol. The van der Waals surface area contributed by atoms with Crippen molar-refractivity contribution in [3.05, 3.63) is 64.7 Å². The molecule has 0 spiro atoms. The van der Waals surface area contributed by atoms with Gasteiger partial charge in [-0.1, -0.05) is 25.1 Å². The van der Waals surface area contributed by atoms with Crippen LogP contribution in [-0.4, -0.2) is 41.4 Å². The van der Waals surface area contributed by atoms with Crippen LogP contribution < -0.4 is 20.5 Å². The van der Waals surface area contributed by atoms with Crippen molar-refractivity contribution in [3.8, 4) is 11.5 Å². The third-order valence-electron chi connectivity index (χ3n) is 8.30. The minimum absolute atomic E-state index is 0.0220. The third kappa shape index (κ3) is 4.42. The molecule has 5 aliphatic heterocycles. The van der Waals surface area contributed by atoms with Crippen LogP contribution in [0.1, 0.15) is 91.0 Å². The van der Waals surface area contributed by atoms with Gasteiger partial charge >= 0.3 is 0 Å². The van der Waals surface area contributed by atoms with E-state index in [0.29, 0.717) is 43.8 Å². The van der Waals surface area contributed by atoms with Gasteiger partial charge in [0.05, 0.1) is 37.3 Å². The van der Waals surface area contributed by atoms with Crippen LogP contribution in [0.3, 0.4) is 0 Å². The summed E-state index contributed by atoms with van der Waals surface area (Å²) < 4.78 is 11.8. The van der Waals surface area contributed by atoms with Crippen LogP contribution in [0.2, 0.25) is 0 Å². The molecule has 5 heterocycles. The van der Waals surface area contributed by atoms with E-state index < -0.39 is 5.54 Å². The van der Waals surface area contributed by atoms with E-state index in [1.54, 1.807) is 11.0 Å². The first kappa shape index (κ1) is 24.5. The average Bonchev–Trinajstić information content (AvgIpc) is 2.92. The van der Waals surface area contributed by atoms with Gasteiger partial charge in [0.15, 0.2) is 5.96 Å². The highest BCUT2D eigenvalue weighted by Crippen LogP contribution is 2.41. The molecule has 0 aromatic heterocycles.